The van der Waals surface area contributed by atoms with Gasteiger partial charge >= 0.3 is 0 Å². The summed E-state index contributed by atoms with van der Waals surface area (Å²) in [4.78, 5) is 0. The molecule has 1 aliphatic carbocycles. The first-order chi connectivity index (χ1) is 5.25. The molecule has 0 radical (unpaired) electrons. The second-order valence-electron chi connectivity index (χ2n) is 3.08. The number of hydrogen-bond donors (Lipinski definition) is 1. The quantitative estimate of drug-likeness (QED) is 0.626. The van der Waals surface area contributed by atoms with Crippen molar-refractivity contribution in [3.63, 3.8) is 0 Å². The zero-order valence-electron chi connectivity index (χ0n) is 6.18. The van der Waals surface area contributed by atoms with Gasteiger partial charge in [0.2, 0.25) is 0 Å². The van der Waals surface area contributed by atoms with Crippen molar-refractivity contribution in [1.29, 1.82) is 0 Å². The Bertz CT molecular complexity index is 283. The smallest absolute Gasteiger partial charge is 0.0408 e. The minimum atomic E-state index is 0.309. The zero-order valence-corrected chi connectivity index (χ0v) is 6.93. The maximum Gasteiger partial charge on any atom is 0.0408 e. The summed E-state index contributed by atoms with van der Waals surface area (Å²) in [6.07, 6.45) is 1.99. The Morgan fingerprint density at radius 2 is 2.00 bits per heavy atom. The molecule has 11 heavy (non-hydrogen) atoms. The molecule has 0 aromatic heterocycles. The number of hydrogen-bond acceptors (Lipinski definition) is 1. The molecule has 0 fully saturated rings. The highest BCUT2D eigenvalue weighted by Crippen LogP contribution is 2.24. The number of halogens is 1. The fourth-order valence-electron chi connectivity index (χ4n) is 1.62. The predicted molar refractivity (Wildman–Crippen MR) is 46.8 cm³/mol. The van der Waals surface area contributed by atoms with E-state index in [1.165, 1.54) is 11.1 Å². The first-order valence-electron chi connectivity index (χ1n) is 3.78. The second kappa shape index (κ2) is 2.50. The fraction of sp³-hybridized carbons (Fsp3) is 0.333. The largest absolute Gasteiger partial charge is 0.327 e. The third-order valence-electron chi connectivity index (χ3n) is 2.13. The maximum absolute atomic E-state index is 5.83. The fourth-order valence-corrected chi connectivity index (χ4v) is 1.82. The summed E-state index contributed by atoms with van der Waals surface area (Å²) in [5.41, 5.74) is 8.48. The van der Waals surface area contributed by atoms with Crippen molar-refractivity contribution in [2.45, 2.75) is 18.9 Å². The summed E-state index contributed by atoms with van der Waals surface area (Å²) in [5.74, 6) is 0. The number of rotatable bonds is 0. The molecule has 0 spiro atoms. The van der Waals surface area contributed by atoms with Crippen LogP contribution in [-0.4, -0.2) is 6.04 Å². The monoisotopic (exact) mass is 167 g/mol. The molecule has 2 N–H and O–H groups in total. The van der Waals surface area contributed by atoms with Gasteiger partial charge in [-0.3, -0.25) is 0 Å². The van der Waals surface area contributed by atoms with E-state index in [1.54, 1.807) is 0 Å². The van der Waals surface area contributed by atoms with Crippen LogP contribution in [0.1, 0.15) is 11.1 Å². The van der Waals surface area contributed by atoms with Gasteiger partial charge in [-0.25, -0.2) is 0 Å². The van der Waals surface area contributed by atoms with Gasteiger partial charge in [0.05, 0.1) is 0 Å². The Hall–Kier alpha value is -0.530. The number of nitrogens with two attached hydrogens (primary N) is 1. The Balaban J connectivity index is 2.43. The zero-order chi connectivity index (χ0) is 7.84. The van der Waals surface area contributed by atoms with Gasteiger partial charge < -0.3 is 5.73 Å². The van der Waals surface area contributed by atoms with Gasteiger partial charge in [0.25, 0.3) is 0 Å². The SMILES string of the molecule is N[C@H]1Cc2ccc(Cl)cc2C1. The van der Waals surface area contributed by atoms with Gasteiger partial charge in [-0.15, -0.1) is 0 Å². The highest BCUT2D eigenvalue weighted by molar-refractivity contribution is 6.30. The molecule has 2 rings (SSSR count). The lowest BCUT2D eigenvalue weighted by Crippen LogP contribution is -2.18. The third-order valence-corrected chi connectivity index (χ3v) is 2.37. The number of fused-ring (bicyclic) bond motifs is 1. The molecular weight excluding hydrogens is 158 g/mol. The first kappa shape index (κ1) is 7.14. The van der Waals surface area contributed by atoms with Crippen molar-refractivity contribution in [2.24, 2.45) is 5.73 Å². The van der Waals surface area contributed by atoms with E-state index in [2.05, 4.69) is 6.07 Å². The summed E-state index contributed by atoms with van der Waals surface area (Å²) in [5, 5.41) is 0.817. The van der Waals surface area contributed by atoms with Crippen molar-refractivity contribution in [3.05, 3.63) is 34.3 Å². The van der Waals surface area contributed by atoms with Gasteiger partial charge in [-0.2, -0.15) is 0 Å². The van der Waals surface area contributed by atoms with E-state index in [-0.39, 0.29) is 0 Å². The molecule has 1 aliphatic rings. The number of benzene rings is 1. The highest BCUT2D eigenvalue weighted by atomic mass is 35.5. The van der Waals surface area contributed by atoms with Crippen LogP contribution in [0.3, 0.4) is 0 Å². The Morgan fingerprint density at radius 3 is 2.82 bits per heavy atom. The van der Waals surface area contributed by atoms with Gasteiger partial charge in [0.15, 0.2) is 0 Å². The molecular formula is C9H10ClN. The van der Waals surface area contributed by atoms with E-state index in [1.807, 2.05) is 12.1 Å². The van der Waals surface area contributed by atoms with Gasteiger partial charge in [0, 0.05) is 11.1 Å². The summed E-state index contributed by atoms with van der Waals surface area (Å²) in [6.45, 7) is 0. The molecule has 0 heterocycles. The molecule has 0 unspecified atom stereocenters. The average Bonchev–Trinajstić information content (AvgIpc) is 2.27. The highest BCUT2D eigenvalue weighted by Gasteiger charge is 2.17. The van der Waals surface area contributed by atoms with Crippen LogP contribution in [-0.2, 0) is 12.8 Å². The van der Waals surface area contributed by atoms with Crippen molar-refractivity contribution in [2.75, 3.05) is 0 Å². The van der Waals surface area contributed by atoms with Crippen molar-refractivity contribution < 1.29 is 0 Å². The first-order valence-corrected chi connectivity index (χ1v) is 4.16. The van der Waals surface area contributed by atoms with Crippen LogP contribution in [0.5, 0.6) is 0 Å². The standard InChI is InChI=1S/C9H10ClN/c10-8-2-1-6-4-9(11)5-7(6)3-8/h1-3,9H,4-5,11H2/t9-/m0/s1. The molecule has 2 heteroatoms. The summed E-state index contributed by atoms with van der Waals surface area (Å²) in [7, 11) is 0. The van der Waals surface area contributed by atoms with Crippen molar-refractivity contribution in [3.8, 4) is 0 Å². The molecule has 0 amide bonds. The average molecular weight is 168 g/mol. The van der Waals surface area contributed by atoms with E-state index >= 15 is 0 Å². The molecule has 0 saturated carbocycles. The summed E-state index contributed by atoms with van der Waals surface area (Å²) >= 11 is 5.83. The van der Waals surface area contributed by atoms with Gasteiger partial charge in [-0.1, -0.05) is 17.7 Å². The molecule has 0 aliphatic heterocycles. The molecule has 1 nitrogen and oxygen atoms in total. The van der Waals surface area contributed by atoms with Crippen LogP contribution >= 0.6 is 11.6 Å². The Morgan fingerprint density at radius 1 is 1.27 bits per heavy atom. The van der Waals surface area contributed by atoms with E-state index < -0.39 is 0 Å². The minimum Gasteiger partial charge on any atom is -0.327 e. The minimum absolute atomic E-state index is 0.309. The van der Waals surface area contributed by atoms with E-state index in [0.29, 0.717) is 6.04 Å². The van der Waals surface area contributed by atoms with E-state index in [0.717, 1.165) is 17.9 Å². The van der Waals surface area contributed by atoms with Crippen LogP contribution in [0.15, 0.2) is 18.2 Å². The lowest BCUT2D eigenvalue weighted by atomic mass is 10.1. The second-order valence-corrected chi connectivity index (χ2v) is 3.52. The summed E-state index contributed by atoms with van der Waals surface area (Å²) in [6, 6.07) is 6.33. The normalized spacial score (nSPS) is 21.8. The molecule has 1 atom stereocenters. The predicted octanol–water partition coefficient (Wildman–Crippen LogP) is 1.77. The van der Waals surface area contributed by atoms with Gasteiger partial charge in [0.1, 0.15) is 0 Å². The van der Waals surface area contributed by atoms with Crippen molar-refractivity contribution >= 4 is 11.6 Å². The van der Waals surface area contributed by atoms with Crippen LogP contribution in [0.2, 0.25) is 5.02 Å². The molecule has 0 bridgehead atoms. The lowest BCUT2D eigenvalue weighted by molar-refractivity contribution is 0.721. The molecule has 58 valence electrons. The van der Waals surface area contributed by atoms with E-state index in [9.17, 15) is 0 Å². The van der Waals surface area contributed by atoms with Crippen molar-refractivity contribution in [1.82, 2.24) is 0 Å². The van der Waals surface area contributed by atoms with Crippen LogP contribution in [0.4, 0.5) is 0 Å². The van der Waals surface area contributed by atoms with Crippen LogP contribution in [0, 0.1) is 0 Å². The van der Waals surface area contributed by atoms with Crippen LogP contribution in [0.25, 0.3) is 0 Å². The van der Waals surface area contributed by atoms with E-state index in [4.69, 9.17) is 17.3 Å². The lowest BCUT2D eigenvalue weighted by Gasteiger charge is -1.96. The molecule has 0 saturated heterocycles. The van der Waals surface area contributed by atoms with Crippen LogP contribution < -0.4 is 5.73 Å². The topological polar surface area (TPSA) is 26.0 Å². The molecule has 1 aromatic carbocycles. The Kier molecular flexibility index (Phi) is 1.63. The maximum atomic E-state index is 5.83. The third kappa shape index (κ3) is 1.26. The van der Waals surface area contributed by atoms with Gasteiger partial charge in [-0.05, 0) is 36.1 Å². The Labute approximate surface area is 71.2 Å². The summed E-state index contributed by atoms with van der Waals surface area (Å²) < 4.78 is 0. The molecule has 1 aromatic rings.